The third-order valence-electron chi connectivity index (χ3n) is 2.84. The number of carbonyl (C=O) groups excluding carboxylic acids is 1. The molecule has 5 heteroatoms. The number of carbonyl (C=O) groups is 1. The summed E-state index contributed by atoms with van der Waals surface area (Å²) < 4.78 is 13.9. The Bertz CT molecular complexity index is 416. The Morgan fingerprint density at radius 1 is 1.41 bits per heavy atom. The van der Waals surface area contributed by atoms with Crippen LogP contribution in [0.3, 0.4) is 0 Å². The van der Waals surface area contributed by atoms with E-state index >= 15 is 0 Å². The fraction of sp³-hybridized carbons (Fsp3) is 0.417. The standard InChI is InChI=1S/C12H16FN3O/c1-9(17)16-12(8-14-6-7-15-12)10-4-2-3-5-11(10)13/h2-5,14-15H,6-8H2,1H3,(H,16,17). The van der Waals surface area contributed by atoms with Crippen molar-refractivity contribution in [2.45, 2.75) is 12.6 Å². The number of halogens is 1. The normalized spacial score (nSPS) is 24.4. The van der Waals surface area contributed by atoms with Crippen molar-refractivity contribution >= 4 is 5.91 Å². The molecule has 1 aliphatic heterocycles. The maximum Gasteiger partial charge on any atom is 0.218 e. The summed E-state index contributed by atoms with van der Waals surface area (Å²) in [4.78, 5) is 11.3. The molecule has 0 bridgehead atoms. The van der Waals surface area contributed by atoms with Crippen molar-refractivity contribution in [3.63, 3.8) is 0 Å². The Hall–Kier alpha value is -1.46. The van der Waals surface area contributed by atoms with Crippen molar-refractivity contribution in [3.8, 4) is 0 Å². The molecule has 1 heterocycles. The average molecular weight is 237 g/mol. The van der Waals surface area contributed by atoms with Gasteiger partial charge in [0.2, 0.25) is 5.91 Å². The second kappa shape index (κ2) is 4.81. The zero-order valence-electron chi connectivity index (χ0n) is 9.72. The van der Waals surface area contributed by atoms with Crippen molar-refractivity contribution in [2.24, 2.45) is 0 Å². The van der Waals surface area contributed by atoms with Crippen molar-refractivity contribution in [2.75, 3.05) is 19.6 Å². The highest BCUT2D eigenvalue weighted by atomic mass is 19.1. The number of amides is 1. The van der Waals surface area contributed by atoms with E-state index in [9.17, 15) is 9.18 Å². The SMILES string of the molecule is CC(=O)NC1(c2ccccc2F)CNCCN1. The van der Waals surface area contributed by atoms with Gasteiger partial charge in [0.15, 0.2) is 0 Å². The average Bonchev–Trinajstić information content (AvgIpc) is 2.29. The molecule has 0 aromatic heterocycles. The van der Waals surface area contributed by atoms with Gasteiger partial charge in [-0.05, 0) is 6.07 Å². The van der Waals surface area contributed by atoms with E-state index in [0.717, 1.165) is 6.54 Å². The molecule has 0 saturated carbocycles. The van der Waals surface area contributed by atoms with Gasteiger partial charge in [-0.1, -0.05) is 18.2 Å². The van der Waals surface area contributed by atoms with Crippen molar-refractivity contribution < 1.29 is 9.18 Å². The number of hydrogen-bond acceptors (Lipinski definition) is 3. The van der Waals surface area contributed by atoms with Crippen molar-refractivity contribution in [3.05, 3.63) is 35.6 Å². The minimum absolute atomic E-state index is 0.190. The van der Waals surface area contributed by atoms with Gasteiger partial charge in [-0.3, -0.25) is 10.1 Å². The molecule has 17 heavy (non-hydrogen) atoms. The maximum atomic E-state index is 13.9. The van der Waals surface area contributed by atoms with Crippen LogP contribution in [-0.2, 0) is 10.5 Å². The molecular formula is C12H16FN3O. The lowest BCUT2D eigenvalue weighted by molar-refractivity contribution is -0.121. The lowest BCUT2D eigenvalue weighted by atomic mass is 9.96. The molecule has 1 unspecified atom stereocenters. The number of rotatable bonds is 2. The summed E-state index contributed by atoms with van der Waals surface area (Å²) >= 11 is 0. The van der Waals surface area contributed by atoms with E-state index in [2.05, 4.69) is 16.0 Å². The molecule has 1 aliphatic rings. The first-order chi connectivity index (χ1) is 8.14. The highest BCUT2D eigenvalue weighted by Gasteiger charge is 2.36. The van der Waals surface area contributed by atoms with Gasteiger partial charge in [-0.15, -0.1) is 0 Å². The summed E-state index contributed by atoms with van der Waals surface area (Å²) in [6.07, 6.45) is 0. The minimum atomic E-state index is -0.852. The number of nitrogens with one attached hydrogen (secondary N) is 3. The van der Waals surface area contributed by atoms with Gasteiger partial charge in [-0.25, -0.2) is 4.39 Å². The predicted molar refractivity (Wildman–Crippen MR) is 62.8 cm³/mol. The van der Waals surface area contributed by atoms with Gasteiger partial charge in [0, 0.05) is 32.1 Å². The van der Waals surface area contributed by atoms with Gasteiger partial charge >= 0.3 is 0 Å². The van der Waals surface area contributed by atoms with Crippen LogP contribution in [0.25, 0.3) is 0 Å². The van der Waals surface area contributed by atoms with Crippen LogP contribution in [-0.4, -0.2) is 25.5 Å². The summed E-state index contributed by atoms with van der Waals surface area (Å²) in [5.74, 6) is -0.512. The second-order valence-corrected chi connectivity index (χ2v) is 4.17. The first kappa shape index (κ1) is 12.0. The molecule has 1 aromatic carbocycles. The molecular weight excluding hydrogens is 221 g/mol. The third-order valence-corrected chi connectivity index (χ3v) is 2.84. The number of hydrogen-bond donors (Lipinski definition) is 3. The van der Waals surface area contributed by atoms with E-state index in [1.165, 1.54) is 13.0 Å². The number of benzene rings is 1. The highest BCUT2D eigenvalue weighted by Crippen LogP contribution is 2.22. The molecule has 1 fully saturated rings. The topological polar surface area (TPSA) is 53.2 Å². The molecule has 0 aliphatic carbocycles. The van der Waals surface area contributed by atoms with Crippen LogP contribution in [0.5, 0.6) is 0 Å². The van der Waals surface area contributed by atoms with Crippen molar-refractivity contribution in [1.82, 2.24) is 16.0 Å². The Balaban J connectivity index is 2.39. The van der Waals surface area contributed by atoms with Gasteiger partial charge in [0.25, 0.3) is 0 Å². The first-order valence-corrected chi connectivity index (χ1v) is 5.63. The van der Waals surface area contributed by atoms with Gasteiger partial charge in [0.05, 0.1) is 0 Å². The lowest BCUT2D eigenvalue weighted by Crippen LogP contribution is -2.65. The molecule has 1 saturated heterocycles. The summed E-state index contributed by atoms with van der Waals surface area (Å²) in [5, 5.41) is 9.15. The Morgan fingerprint density at radius 2 is 2.18 bits per heavy atom. The Morgan fingerprint density at radius 3 is 2.76 bits per heavy atom. The van der Waals surface area contributed by atoms with Gasteiger partial charge in [0.1, 0.15) is 11.5 Å². The monoisotopic (exact) mass is 237 g/mol. The first-order valence-electron chi connectivity index (χ1n) is 5.63. The van der Waals surface area contributed by atoms with E-state index in [0.29, 0.717) is 18.7 Å². The molecule has 0 radical (unpaired) electrons. The molecule has 1 aromatic rings. The molecule has 3 N–H and O–H groups in total. The fourth-order valence-corrected chi connectivity index (χ4v) is 2.16. The molecule has 2 rings (SSSR count). The Labute approximate surface area is 99.6 Å². The van der Waals surface area contributed by atoms with E-state index in [4.69, 9.17) is 0 Å². The third kappa shape index (κ3) is 2.45. The molecule has 1 atom stereocenters. The maximum absolute atomic E-state index is 13.9. The van der Waals surface area contributed by atoms with Crippen molar-refractivity contribution in [1.29, 1.82) is 0 Å². The van der Waals surface area contributed by atoms with Crippen LogP contribution in [0.15, 0.2) is 24.3 Å². The predicted octanol–water partition coefficient (Wildman–Crippen LogP) is 0.307. The van der Waals surface area contributed by atoms with Crippen LogP contribution >= 0.6 is 0 Å². The van der Waals surface area contributed by atoms with E-state index in [-0.39, 0.29) is 11.7 Å². The zero-order chi connectivity index (χ0) is 12.3. The number of piperazine rings is 1. The van der Waals surface area contributed by atoms with Crippen LogP contribution in [0, 0.1) is 5.82 Å². The fourth-order valence-electron chi connectivity index (χ4n) is 2.16. The molecule has 4 nitrogen and oxygen atoms in total. The summed E-state index contributed by atoms with van der Waals surface area (Å²) in [7, 11) is 0. The van der Waals surface area contributed by atoms with Gasteiger partial charge < -0.3 is 10.6 Å². The Kier molecular flexibility index (Phi) is 3.40. The van der Waals surface area contributed by atoms with E-state index < -0.39 is 5.66 Å². The minimum Gasteiger partial charge on any atom is -0.333 e. The molecule has 0 spiro atoms. The zero-order valence-corrected chi connectivity index (χ0v) is 9.72. The highest BCUT2D eigenvalue weighted by molar-refractivity contribution is 5.74. The molecule has 92 valence electrons. The largest absolute Gasteiger partial charge is 0.333 e. The van der Waals surface area contributed by atoms with E-state index in [1.807, 2.05) is 0 Å². The van der Waals surface area contributed by atoms with Gasteiger partial charge in [-0.2, -0.15) is 0 Å². The molecule has 1 amide bonds. The lowest BCUT2D eigenvalue weighted by Gasteiger charge is -2.39. The quantitative estimate of drug-likeness (QED) is 0.694. The van der Waals surface area contributed by atoms with Crippen LogP contribution in [0.1, 0.15) is 12.5 Å². The summed E-state index contributed by atoms with van der Waals surface area (Å²) in [5.41, 5.74) is -0.391. The second-order valence-electron chi connectivity index (χ2n) is 4.17. The summed E-state index contributed by atoms with van der Waals surface area (Å²) in [6.45, 7) is 3.37. The summed E-state index contributed by atoms with van der Waals surface area (Å²) in [6, 6.07) is 6.48. The van der Waals surface area contributed by atoms with E-state index in [1.54, 1.807) is 18.2 Å². The van der Waals surface area contributed by atoms with Crippen LogP contribution in [0.2, 0.25) is 0 Å². The van der Waals surface area contributed by atoms with Crippen LogP contribution < -0.4 is 16.0 Å². The van der Waals surface area contributed by atoms with Crippen LogP contribution in [0.4, 0.5) is 4.39 Å². The smallest absolute Gasteiger partial charge is 0.218 e.